The Morgan fingerprint density at radius 2 is 1.91 bits per heavy atom. The van der Waals surface area contributed by atoms with Crippen molar-refractivity contribution in [2.45, 2.75) is 77.4 Å². The molecule has 1 heterocycles. The van der Waals surface area contributed by atoms with Crippen LogP contribution in [-0.2, 0) is 35.1 Å². The van der Waals surface area contributed by atoms with Crippen LogP contribution >= 0.6 is 0 Å². The number of rotatable bonds is 13. The monoisotopic (exact) mass is 449 g/mol. The normalized spacial score (nSPS) is 17.6. The van der Waals surface area contributed by atoms with E-state index in [9.17, 15) is 14.4 Å². The van der Waals surface area contributed by atoms with E-state index in [0.717, 1.165) is 18.4 Å². The molecule has 1 fully saturated rings. The maximum Gasteiger partial charge on any atom is 0.410 e. The van der Waals surface area contributed by atoms with E-state index in [1.54, 1.807) is 11.8 Å². The van der Waals surface area contributed by atoms with Crippen molar-refractivity contribution < 1.29 is 33.3 Å². The standard InChI is InChI=1S/C24H35NO7/c1-4-30-18(2)32-22(16-20(26)12-8-14-23(27)29-3)21-13-9-15-25(21)24(28)31-17-19-10-6-5-7-11-19/h5-7,10-11,18,21-22H,4,8-9,12-17H2,1-3H3/t18?,21-,22+/m0/s1. The fourth-order valence-electron chi connectivity index (χ4n) is 3.86. The summed E-state index contributed by atoms with van der Waals surface area (Å²) in [6.07, 6.45) is 1.13. The molecule has 8 nitrogen and oxygen atoms in total. The fraction of sp³-hybridized carbons (Fsp3) is 0.625. The van der Waals surface area contributed by atoms with Gasteiger partial charge < -0.3 is 23.8 Å². The number of amides is 1. The van der Waals surface area contributed by atoms with E-state index in [1.165, 1.54) is 7.11 Å². The first-order chi connectivity index (χ1) is 15.4. The van der Waals surface area contributed by atoms with Gasteiger partial charge in [-0.25, -0.2) is 4.79 Å². The predicted molar refractivity (Wildman–Crippen MR) is 118 cm³/mol. The first kappa shape index (κ1) is 25.8. The van der Waals surface area contributed by atoms with Crippen molar-refractivity contribution >= 4 is 17.8 Å². The lowest BCUT2D eigenvalue weighted by atomic mass is 10.00. The highest BCUT2D eigenvalue weighted by Crippen LogP contribution is 2.27. The molecule has 2 rings (SSSR count). The number of esters is 1. The summed E-state index contributed by atoms with van der Waals surface area (Å²) in [6.45, 7) is 4.88. The summed E-state index contributed by atoms with van der Waals surface area (Å²) in [5, 5.41) is 0. The molecule has 1 aliphatic rings. The van der Waals surface area contributed by atoms with Crippen molar-refractivity contribution in [1.82, 2.24) is 4.90 Å². The number of carbonyl (C=O) groups is 3. The zero-order valence-electron chi connectivity index (χ0n) is 19.3. The fourth-order valence-corrected chi connectivity index (χ4v) is 3.86. The topological polar surface area (TPSA) is 91.4 Å². The third-order valence-corrected chi connectivity index (χ3v) is 5.43. The molecule has 1 aromatic carbocycles. The van der Waals surface area contributed by atoms with Gasteiger partial charge in [0.25, 0.3) is 0 Å². The SMILES string of the molecule is CCOC(C)O[C@H](CC(=O)CCCC(=O)OC)[C@@H]1CCCN1C(=O)OCc1ccccc1. The van der Waals surface area contributed by atoms with E-state index in [-0.39, 0.29) is 43.7 Å². The van der Waals surface area contributed by atoms with E-state index in [1.807, 2.05) is 37.3 Å². The highest BCUT2D eigenvalue weighted by Gasteiger charge is 2.38. The molecule has 0 radical (unpaired) electrons. The van der Waals surface area contributed by atoms with Crippen molar-refractivity contribution in [3.05, 3.63) is 35.9 Å². The first-order valence-corrected chi connectivity index (χ1v) is 11.3. The minimum Gasteiger partial charge on any atom is -0.469 e. The van der Waals surface area contributed by atoms with Crippen LogP contribution in [0, 0.1) is 0 Å². The minimum atomic E-state index is -0.506. The highest BCUT2D eigenvalue weighted by molar-refractivity contribution is 5.80. The Balaban J connectivity index is 1.99. The summed E-state index contributed by atoms with van der Waals surface area (Å²) in [4.78, 5) is 38.3. The van der Waals surface area contributed by atoms with Crippen LogP contribution in [0.3, 0.4) is 0 Å². The molecule has 32 heavy (non-hydrogen) atoms. The number of Topliss-reactive ketones (excluding diaryl/α,β-unsaturated/α-hetero) is 1. The van der Waals surface area contributed by atoms with Gasteiger partial charge in [-0.15, -0.1) is 0 Å². The van der Waals surface area contributed by atoms with E-state index in [4.69, 9.17) is 14.2 Å². The van der Waals surface area contributed by atoms with Crippen LogP contribution in [0.15, 0.2) is 30.3 Å². The zero-order chi connectivity index (χ0) is 23.3. The number of nitrogens with zero attached hydrogens (tertiary/aromatic N) is 1. The largest absolute Gasteiger partial charge is 0.469 e. The number of benzene rings is 1. The second kappa shape index (κ2) is 13.9. The number of hydrogen-bond acceptors (Lipinski definition) is 7. The van der Waals surface area contributed by atoms with Gasteiger partial charge in [0.15, 0.2) is 6.29 Å². The van der Waals surface area contributed by atoms with Crippen molar-refractivity contribution in [2.75, 3.05) is 20.3 Å². The molecular weight excluding hydrogens is 414 g/mol. The molecule has 0 aliphatic carbocycles. The van der Waals surface area contributed by atoms with Crippen LogP contribution in [0.1, 0.15) is 57.9 Å². The van der Waals surface area contributed by atoms with Crippen LogP contribution in [0.5, 0.6) is 0 Å². The Labute approximate surface area is 190 Å². The molecule has 0 saturated carbocycles. The van der Waals surface area contributed by atoms with Gasteiger partial charge in [-0.1, -0.05) is 30.3 Å². The number of carbonyl (C=O) groups excluding carboxylic acids is 3. The van der Waals surface area contributed by atoms with E-state index >= 15 is 0 Å². The predicted octanol–water partition coefficient (Wildman–Crippen LogP) is 3.86. The molecule has 0 spiro atoms. The number of methoxy groups -OCH3 is 1. The Kier molecular flexibility index (Phi) is 11.2. The van der Waals surface area contributed by atoms with Crippen molar-refractivity contribution in [3.63, 3.8) is 0 Å². The Bertz CT molecular complexity index is 724. The third kappa shape index (κ3) is 8.59. The smallest absolute Gasteiger partial charge is 0.410 e. The number of ketones is 1. The number of likely N-dealkylation sites (tertiary alicyclic amines) is 1. The Morgan fingerprint density at radius 1 is 1.16 bits per heavy atom. The number of ether oxygens (including phenoxy) is 4. The summed E-state index contributed by atoms with van der Waals surface area (Å²) in [6, 6.07) is 9.23. The van der Waals surface area contributed by atoms with Crippen molar-refractivity contribution in [3.8, 4) is 0 Å². The van der Waals surface area contributed by atoms with E-state index in [2.05, 4.69) is 4.74 Å². The van der Waals surface area contributed by atoms with Crippen LogP contribution in [0.25, 0.3) is 0 Å². The Morgan fingerprint density at radius 3 is 2.59 bits per heavy atom. The molecular formula is C24H35NO7. The maximum atomic E-state index is 12.8. The van der Waals surface area contributed by atoms with Gasteiger partial charge in [-0.05, 0) is 38.7 Å². The molecule has 1 unspecified atom stereocenters. The lowest BCUT2D eigenvalue weighted by Crippen LogP contribution is -2.46. The molecule has 0 N–H and O–H groups in total. The molecule has 1 aromatic rings. The molecule has 1 saturated heterocycles. The van der Waals surface area contributed by atoms with Crippen LogP contribution in [-0.4, -0.2) is 61.4 Å². The van der Waals surface area contributed by atoms with Gasteiger partial charge in [0.1, 0.15) is 12.4 Å². The summed E-state index contributed by atoms with van der Waals surface area (Å²) >= 11 is 0. The van der Waals surface area contributed by atoms with Crippen molar-refractivity contribution in [2.24, 2.45) is 0 Å². The van der Waals surface area contributed by atoms with Gasteiger partial charge in [-0.2, -0.15) is 0 Å². The highest BCUT2D eigenvalue weighted by atomic mass is 16.7. The lowest BCUT2D eigenvalue weighted by molar-refractivity contribution is -0.172. The molecule has 178 valence electrons. The second-order valence-corrected chi connectivity index (χ2v) is 7.81. The molecule has 3 atom stereocenters. The minimum absolute atomic E-state index is 0.0212. The maximum absolute atomic E-state index is 12.8. The van der Waals surface area contributed by atoms with E-state index < -0.39 is 18.5 Å². The summed E-state index contributed by atoms with van der Waals surface area (Å²) in [5.41, 5.74) is 0.912. The molecule has 8 heteroatoms. The van der Waals surface area contributed by atoms with Gasteiger partial charge in [-0.3, -0.25) is 9.59 Å². The Hall–Kier alpha value is -2.45. The molecule has 0 bridgehead atoms. The van der Waals surface area contributed by atoms with E-state index in [0.29, 0.717) is 19.6 Å². The molecule has 1 aliphatic heterocycles. The molecule has 1 amide bonds. The van der Waals surface area contributed by atoms with Gasteiger partial charge in [0, 0.05) is 32.4 Å². The average molecular weight is 450 g/mol. The van der Waals surface area contributed by atoms with Crippen LogP contribution in [0.4, 0.5) is 4.79 Å². The van der Waals surface area contributed by atoms with Crippen LogP contribution in [0.2, 0.25) is 0 Å². The summed E-state index contributed by atoms with van der Waals surface area (Å²) in [7, 11) is 1.33. The second-order valence-electron chi connectivity index (χ2n) is 7.81. The number of hydrogen-bond donors (Lipinski definition) is 0. The zero-order valence-corrected chi connectivity index (χ0v) is 19.3. The lowest BCUT2D eigenvalue weighted by Gasteiger charge is -2.32. The summed E-state index contributed by atoms with van der Waals surface area (Å²) in [5.74, 6) is -0.356. The summed E-state index contributed by atoms with van der Waals surface area (Å²) < 4.78 is 21.7. The first-order valence-electron chi connectivity index (χ1n) is 11.3. The van der Waals surface area contributed by atoms with Gasteiger partial charge in [0.2, 0.25) is 0 Å². The van der Waals surface area contributed by atoms with Gasteiger partial charge >= 0.3 is 12.1 Å². The van der Waals surface area contributed by atoms with Gasteiger partial charge in [0.05, 0.1) is 19.3 Å². The van der Waals surface area contributed by atoms with Crippen LogP contribution < -0.4 is 0 Å². The average Bonchev–Trinajstić information content (AvgIpc) is 3.28. The molecule has 0 aromatic heterocycles. The van der Waals surface area contributed by atoms with Crippen molar-refractivity contribution in [1.29, 1.82) is 0 Å². The quantitative estimate of drug-likeness (QED) is 0.334. The third-order valence-electron chi connectivity index (χ3n) is 5.43.